The van der Waals surface area contributed by atoms with Crippen molar-refractivity contribution in [2.24, 2.45) is 0 Å². The first-order valence-electron chi connectivity index (χ1n) is 7.03. The molecule has 6 nitrogen and oxygen atoms in total. The van der Waals surface area contributed by atoms with Crippen molar-refractivity contribution in [2.45, 2.75) is 0 Å². The molecule has 0 radical (unpaired) electrons. The summed E-state index contributed by atoms with van der Waals surface area (Å²) < 4.78 is 24.9. The van der Waals surface area contributed by atoms with Crippen molar-refractivity contribution >= 4 is 32.6 Å². The molecule has 2 N–H and O–H groups in total. The lowest BCUT2D eigenvalue weighted by atomic mass is 10.0. The van der Waals surface area contributed by atoms with Gasteiger partial charge >= 0.3 is 5.97 Å². The topological polar surface area (TPSA) is 96.4 Å². The summed E-state index contributed by atoms with van der Waals surface area (Å²) in [6.07, 6.45) is 2.42. The van der Waals surface area contributed by atoms with E-state index in [1.165, 1.54) is 6.20 Å². The zero-order valence-corrected chi connectivity index (χ0v) is 13.5. The van der Waals surface area contributed by atoms with Crippen LogP contribution in [0.2, 0.25) is 0 Å². The fraction of sp³-hybridized carbons (Fsp3) is 0.0588. The minimum atomic E-state index is -3.31. The second-order valence-electron chi connectivity index (χ2n) is 5.39. The lowest BCUT2D eigenvalue weighted by Gasteiger charge is -2.07. The van der Waals surface area contributed by atoms with Crippen molar-refractivity contribution in [1.29, 1.82) is 0 Å². The first kappa shape index (κ1) is 15.9. The van der Waals surface area contributed by atoms with Crippen LogP contribution in [0.25, 0.3) is 22.0 Å². The number of benzene rings is 2. The number of rotatable bonds is 4. The second-order valence-corrected chi connectivity index (χ2v) is 7.14. The number of aromatic nitrogens is 1. The highest BCUT2D eigenvalue weighted by Gasteiger charge is 2.07. The van der Waals surface area contributed by atoms with Crippen molar-refractivity contribution in [3.05, 3.63) is 60.3 Å². The Hall–Kier alpha value is -2.93. The summed E-state index contributed by atoms with van der Waals surface area (Å²) in [6.45, 7) is 0. The monoisotopic (exact) mass is 342 g/mol. The minimum Gasteiger partial charge on any atom is -0.478 e. The van der Waals surface area contributed by atoms with Crippen LogP contribution in [0.15, 0.2) is 54.7 Å². The maximum atomic E-state index is 11.2. The van der Waals surface area contributed by atoms with E-state index in [9.17, 15) is 13.2 Å². The predicted octanol–water partition coefficient (Wildman–Crippen LogP) is 2.97. The molecule has 0 aliphatic heterocycles. The van der Waals surface area contributed by atoms with Gasteiger partial charge in [0, 0.05) is 17.3 Å². The van der Waals surface area contributed by atoms with Crippen LogP contribution >= 0.6 is 0 Å². The Labute approximate surface area is 138 Å². The third-order valence-corrected chi connectivity index (χ3v) is 4.06. The number of pyridine rings is 1. The predicted molar refractivity (Wildman–Crippen MR) is 92.6 cm³/mol. The van der Waals surface area contributed by atoms with Crippen LogP contribution in [0.4, 0.5) is 5.69 Å². The highest BCUT2D eigenvalue weighted by Crippen LogP contribution is 2.25. The number of hydrogen-bond donors (Lipinski definition) is 2. The van der Waals surface area contributed by atoms with Gasteiger partial charge < -0.3 is 5.11 Å². The largest absolute Gasteiger partial charge is 0.478 e. The van der Waals surface area contributed by atoms with E-state index in [4.69, 9.17) is 5.11 Å². The highest BCUT2D eigenvalue weighted by atomic mass is 32.2. The van der Waals surface area contributed by atoms with Crippen LogP contribution < -0.4 is 4.72 Å². The molecule has 1 heterocycles. The molecule has 0 spiro atoms. The van der Waals surface area contributed by atoms with E-state index >= 15 is 0 Å². The number of aromatic carboxylic acids is 1. The van der Waals surface area contributed by atoms with Gasteiger partial charge in [0.25, 0.3) is 0 Å². The highest BCUT2D eigenvalue weighted by molar-refractivity contribution is 7.92. The fourth-order valence-corrected chi connectivity index (χ4v) is 2.94. The Morgan fingerprint density at radius 3 is 2.33 bits per heavy atom. The number of carboxylic acid groups (broad SMARTS) is 1. The quantitative estimate of drug-likeness (QED) is 0.760. The molecule has 0 atom stereocenters. The SMILES string of the molecule is CS(=O)(=O)Nc1ccc(-c2ccc3ncc(C(=O)O)cc3c2)cc1. The van der Waals surface area contributed by atoms with Gasteiger partial charge in [-0.1, -0.05) is 18.2 Å². The molecule has 0 fully saturated rings. The molecular formula is C17H14N2O4S. The Balaban J connectivity index is 1.98. The molecule has 0 amide bonds. The molecule has 1 aromatic heterocycles. The van der Waals surface area contributed by atoms with E-state index in [1.807, 2.05) is 18.2 Å². The van der Waals surface area contributed by atoms with Crippen molar-refractivity contribution in [2.75, 3.05) is 11.0 Å². The molecule has 0 aliphatic rings. The third-order valence-electron chi connectivity index (χ3n) is 3.45. The van der Waals surface area contributed by atoms with Gasteiger partial charge in [0.15, 0.2) is 0 Å². The van der Waals surface area contributed by atoms with E-state index in [0.717, 1.165) is 22.8 Å². The molecule has 0 aliphatic carbocycles. The fourth-order valence-electron chi connectivity index (χ4n) is 2.37. The van der Waals surface area contributed by atoms with Gasteiger partial charge in [-0.05, 0) is 41.5 Å². The van der Waals surface area contributed by atoms with Gasteiger partial charge in [-0.15, -0.1) is 0 Å². The lowest BCUT2D eigenvalue weighted by Crippen LogP contribution is -2.09. The maximum absolute atomic E-state index is 11.2. The Bertz CT molecular complexity index is 1030. The normalized spacial score (nSPS) is 11.4. The Morgan fingerprint density at radius 1 is 1.04 bits per heavy atom. The first-order chi connectivity index (χ1) is 11.3. The van der Waals surface area contributed by atoms with Crippen LogP contribution in [-0.4, -0.2) is 30.7 Å². The number of fused-ring (bicyclic) bond motifs is 1. The number of hydrogen-bond acceptors (Lipinski definition) is 4. The molecule has 0 bridgehead atoms. The van der Waals surface area contributed by atoms with E-state index in [1.54, 1.807) is 30.3 Å². The third kappa shape index (κ3) is 3.52. The summed E-state index contributed by atoms with van der Waals surface area (Å²) in [4.78, 5) is 15.2. The van der Waals surface area contributed by atoms with Gasteiger partial charge in [0.05, 0.1) is 17.3 Å². The maximum Gasteiger partial charge on any atom is 0.337 e. The molecule has 122 valence electrons. The van der Waals surface area contributed by atoms with E-state index < -0.39 is 16.0 Å². The number of carbonyl (C=O) groups is 1. The summed E-state index contributed by atoms with van der Waals surface area (Å²) in [5.74, 6) is -1.02. The number of nitrogens with one attached hydrogen (secondary N) is 1. The Kier molecular flexibility index (Phi) is 3.94. The number of anilines is 1. The van der Waals surface area contributed by atoms with Crippen molar-refractivity contribution in [1.82, 2.24) is 4.98 Å². The van der Waals surface area contributed by atoms with Crippen molar-refractivity contribution < 1.29 is 18.3 Å². The van der Waals surface area contributed by atoms with Crippen molar-refractivity contribution in [3.63, 3.8) is 0 Å². The van der Waals surface area contributed by atoms with Crippen LogP contribution in [0.1, 0.15) is 10.4 Å². The standard InChI is InChI=1S/C17H14N2O4S/c1-24(22,23)19-15-5-2-11(3-6-15)12-4-7-16-13(8-12)9-14(10-18-16)17(20)21/h2-10,19H,1H3,(H,20,21). The lowest BCUT2D eigenvalue weighted by molar-refractivity contribution is 0.0696. The average molecular weight is 342 g/mol. The second kappa shape index (κ2) is 5.93. The minimum absolute atomic E-state index is 0.132. The summed E-state index contributed by atoms with van der Waals surface area (Å²) in [7, 11) is -3.31. The summed E-state index contributed by atoms with van der Waals surface area (Å²) >= 11 is 0. The van der Waals surface area contributed by atoms with Gasteiger partial charge in [-0.25, -0.2) is 13.2 Å². The van der Waals surface area contributed by atoms with Crippen LogP contribution in [0.3, 0.4) is 0 Å². The van der Waals surface area contributed by atoms with Crippen LogP contribution in [-0.2, 0) is 10.0 Å². The van der Waals surface area contributed by atoms with Crippen molar-refractivity contribution in [3.8, 4) is 11.1 Å². The molecule has 3 rings (SSSR count). The molecule has 24 heavy (non-hydrogen) atoms. The number of sulfonamides is 1. The molecule has 7 heteroatoms. The number of carboxylic acids is 1. The van der Waals surface area contributed by atoms with E-state index in [0.29, 0.717) is 11.2 Å². The summed E-state index contributed by atoms with van der Waals surface area (Å²) in [5, 5.41) is 9.79. The van der Waals surface area contributed by atoms with Gasteiger partial charge in [-0.2, -0.15) is 0 Å². The summed E-state index contributed by atoms with van der Waals surface area (Å²) in [6, 6.07) is 14.1. The summed E-state index contributed by atoms with van der Waals surface area (Å²) in [5.41, 5.74) is 3.10. The molecule has 0 saturated carbocycles. The zero-order valence-electron chi connectivity index (χ0n) is 12.7. The Morgan fingerprint density at radius 2 is 1.71 bits per heavy atom. The number of nitrogens with zero attached hydrogens (tertiary/aromatic N) is 1. The van der Waals surface area contributed by atoms with Gasteiger partial charge in [0.2, 0.25) is 10.0 Å². The molecule has 2 aromatic carbocycles. The van der Waals surface area contributed by atoms with E-state index in [2.05, 4.69) is 9.71 Å². The van der Waals surface area contributed by atoms with Crippen LogP contribution in [0, 0.1) is 0 Å². The van der Waals surface area contributed by atoms with Gasteiger partial charge in [0.1, 0.15) is 0 Å². The average Bonchev–Trinajstić information content (AvgIpc) is 2.53. The smallest absolute Gasteiger partial charge is 0.337 e. The zero-order chi connectivity index (χ0) is 17.3. The van der Waals surface area contributed by atoms with E-state index in [-0.39, 0.29) is 5.56 Å². The molecule has 0 unspecified atom stereocenters. The first-order valence-corrected chi connectivity index (χ1v) is 8.92. The van der Waals surface area contributed by atoms with Gasteiger partial charge in [-0.3, -0.25) is 9.71 Å². The molecular weight excluding hydrogens is 328 g/mol. The molecule has 0 saturated heterocycles. The molecule has 3 aromatic rings. The van der Waals surface area contributed by atoms with Crippen LogP contribution in [0.5, 0.6) is 0 Å².